The Kier molecular flexibility index (Phi) is 3.63. The Balaban J connectivity index is 1.87. The van der Waals surface area contributed by atoms with Gasteiger partial charge >= 0.3 is 0 Å². The Morgan fingerprint density at radius 3 is 3.05 bits per heavy atom. The summed E-state index contributed by atoms with van der Waals surface area (Å²) in [7, 11) is 0. The van der Waals surface area contributed by atoms with Gasteiger partial charge < -0.3 is 10.3 Å². The summed E-state index contributed by atoms with van der Waals surface area (Å²) in [6, 6.07) is 6.55. The van der Waals surface area contributed by atoms with E-state index < -0.39 is 0 Å². The van der Waals surface area contributed by atoms with E-state index in [1.165, 1.54) is 12.1 Å². The first-order valence-electron chi connectivity index (χ1n) is 5.94. The van der Waals surface area contributed by atoms with Gasteiger partial charge in [-0.25, -0.2) is 9.37 Å². The van der Waals surface area contributed by atoms with Gasteiger partial charge in [0.05, 0.1) is 10.7 Å². The zero-order valence-corrected chi connectivity index (χ0v) is 12.6. The van der Waals surface area contributed by atoms with Crippen molar-refractivity contribution in [3.63, 3.8) is 0 Å². The van der Waals surface area contributed by atoms with Gasteiger partial charge in [0.2, 0.25) is 0 Å². The average Bonchev–Trinajstić information content (AvgIpc) is 2.81. The van der Waals surface area contributed by atoms with E-state index in [2.05, 4.69) is 31.2 Å². The molecule has 0 radical (unpaired) electrons. The van der Waals surface area contributed by atoms with E-state index in [1.54, 1.807) is 6.20 Å². The summed E-state index contributed by atoms with van der Waals surface area (Å²) in [5.74, 6) is -0.372. The van der Waals surface area contributed by atoms with E-state index >= 15 is 0 Å². The summed E-state index contributed by atoms with van der Waals surface area (Å²) in [6.45, 7) is 0.565. The standard InChI is InChI=1S/C14H10BrClFN3/c15-11-4-9(17)5-12(16)13(11)19-6-8-7-20-14-10(8)2-1-3-18-14/h1-5,7,19H,6H2,(H,18,20). The molecule has 102 valence electrons. The summed E-state index contributed by atoms with van der Waals surface area (Å²) in [5.41, 5.74) is 2.58. The van der Waals surface area contributed by atoms with Crippen LogP contribution in [0.5, 0.6) is 0 Å². The van der Waals surface area contributed by atoms with E-state index in [9.17, 15) is 4.39 Å². The number of halogens is 3. The highest BCUT2D eigenvalue weighted by atomic mass is 79.9. The molecule has 2 aromatic heterocycles. The lowest BCUT2D eigenvalue weighted by molar-refractivity contribution is 0.627. The molecule has 0 unspecified atom stereocenters. The van der Waals surface area contributed by atoms with Crippen molar-refractivity contribution in [3.8, 4) is 0 Å². The lowest BCUT2D eigenvalue weighted by Gasteiger charge is -2.10. The second kappa shape index (κ2) is 5.42. The molecule has 0 aliphatic rings. The molecular weight excluding hydrogens is 345 g/mol. The summed E-state index contributed by atoms with van der Waals surface area (Å²) < 4.78 is 13.8. The molecule has 20 heavy (non-hydrogen) atoms. The number of benzene rings is 1. The van der Waals surface area contributed by atoms with Crippen molar-refractivity contribution in [2.75, 3.05) is 5.32 Å². The van der Waals surface area contributed by atoms with Crippen LogP contribution in [-0.4, -0.2) is 9.97 Å². The quantitative estimate of drug-likeness (QED) is 0.714. The Labute approximate surface area is 128 Å². The Morgan fingerprint density at radius 2 is 2.25 bits per heavy atom. The molecule has 0 amide bonds. The molecule has 0 saturated carbocycles. The van der Waals surface area contributed by atoms with Crippen LogP contribution in [0.2, 0.25) is 5.02 Å². The van der Waals surface area contributed by atoms with E-state index in [0.717, 1.165) is 16.6 Å². The molecule has 0 spiro atoms. The van der Waals surface area contributed by atoms with Crippen molar-refractivity contribution in [1.29, 1.82) is 0 Å². The lowest BCUT2D eigenvalue weighted by atomic mass is 10.2. The third-order valence-corrected chi connectivity index (χ3v) is 3.92. The minimum Gasteiger partial charge on any atom is -0.379 e. The molecule has 3 aromatic rings. The van der Waals surface area contributed by atoms with Gasteiger partial charge in [-0.15, -0.1) is 0 Å². The molecule has 0 bridgehead atoms. The fourth-order valence-electron chi connectivity index (χ4n) is 2.05. The van der Waals surface area contributed by atoms with Crippen LogP contribution < -0.4 is 5.32 Å². The lowest BCUT2D eigenvalue weighted by Crippen LogP contribution is -2.00. The molecule has 3 nitrogen and oxygen atoms in total. The first-order chi connectivity index (χ1) is 9.65. The monoisotopic (exact) mass is 353 g/mol. The van der Waals surface area contributed by atoms with E-state index in [0.29, 0.717) is 21.7 Å². The molecule has 0 fully saturated rings. The SMILES string of the molecule is Fc1cc(Cl)c(NCc2c[nH]c3ncccc23)c(Br)c1. The van der Waals surface area contributed by atoms with Gasteiger partial charge in [0.25, 0.3) is 0 Å². The third kappa shape index (κ3) is 2.51. The molecule has 3 rings (SSSR count). The van der Waals surface area contributed by atoms with Crippen LogP contribution in [0, 0.1) is 5.82 Å². The normalized spacial score (nSPS) is 10.9. The molecule has 0 saturated heterocycles. The van der Waals surface area contributed by atoms with Gasteiger partial charge in [0.15, 0.2) is 0 Å². The van der Waals surface area contributed by atoms with Crippen LogP contribution in [0.4, 0.5) is 10.1 Å². The topological polar surface area (TPSA) is 40.7 Å². The Hall–Kier alpha value is -1.59. The van der Waals surface area contributed by atoms with Crippen LogP contribution >= 0.6 is 27.5 Å². The summed E-state index contributed by atoms with van der Waals surface area (Å²) in [4.78, 5) is 7.34. The smallest absolute Gasteiger partial charge is 0.137 e. The molecule has 2 N–H and O–H groups in total. The van der Waals surface area contributed by atoms with Gasteiger partial charge in [-0.2, -0.15) is 0 Å². The maximum absolute atomic E-state index is 13.2. The Bertz CT molecular complexity index is 749. The minimum absolute atomic E-state index is 0.342. The maximum atomic E-state index is 13.2. The largest absolute Gasteiger partial charge is 0.379 e. The predicted octanol–water partition coefficient (Wildman–Crippen LogP) is 4.73. The number of anilines is 1. The second-order valence-corrected chi connectivity index (χ2v) is 5.57. The number of aromatic amines is 1. The van der Waals surface area contributed by atoms with Crippen molar-refractivity contribution in [2.24, 2.45) is 0 Å². The highest BCUT2D eigenvalue weighted by molar-refractivity contribution is 9.10. The molecular formula is C14H10BrClFN3. The van der Waals surface area contributed by atoms with Crippen LogP contribution in [0.25, 0.3) is 11.0 Å². The van der Waals surface area contributed by atoms with Crippen molar-refractivity contribution in [1.82, 2.24) is 9.97 Å². The summed E-state index contributed by atoms with van der Waals surface area (Å²) in [6.07, 6.45) is 3.64. The summed E-state index contributed by atoms with van der Waals surface area (Å²) in [5, 5.41) is 4.60. The first kappa shape index (κ1) is 13.4. The number of nitrogens with one attached hydrogen (secondary N) is 2. The minimum atomic E-state index is -0.372. The van der Waals surface area contributed by atoms with Crippen molar-refractivity contribution in [2.45, 2.75) is 6.54 Å². The van der Waals surface area contributed by atoms with E-state index in [-0.39, 0.29) is 5.82 Å². The van der Waals surface area contributed by atoms with Gasteiger partial charge in [-0.05, 0) is 45.8 Å². The first-order valence-corrected chi connectivity index (χ1v) is 7.11. The molecule has 0 atom stereocenters. The number of H-pyrrole nitrogens is 1. The van der Waals surface area contributed by atoms with E-state index in [1.807, 2.05) is 18.3 Å². The van der Waals surface area contributed by atoms with Gasteiger partial charge in [0, 0.05) is 28.8 Å². The van der Waals surface area contributed by atoms with Gasteiger partial charge in [-0.3, -0.25) is 0 Å². The van der Waals surface area contributed by atoms with Crippen molar-refractivity contribution in [3.05, 3.63) is 57.5 Å². The second-order valence-electron chi connectivity index (χ2n) is 4.31. The zero-order valence-electron chi connectivity index (χ0n) is 10.3. The molecule has 0 aliphatic carbocycles. The number of fused-ring (bicyclic) bond motifs is 1. The number of hydrogen-bond donors (Lipinski definition) is 2. The van der Waals surface area contributed by atoms with Crippen molar-refractivity contribution >= 4 is 44.3 Å². The Morgan fingerprint density at radius 1 is 1.40 bits per heavy atom. The molecule has 1 aromatic carbocycles. The van der Waals surface area contributed by atoms with E-state index in [4.69, 9.17) is 11.6 Å². The average molecular weight is 355 g/mol. The molecule has 2 heterocycles. The molecule has 6 heteroatoms. The fourth-order valence-corrected chi connectivity index (χ4v) is 3.01. The highest BCUT2D eigenvalue weighted by Gasteiger charge is 2.09. The summed E-state index contributed by atoms with van der Waals surface area (Å²) >= 11 is 9.35. The number of pyridine rings is 1. The van der Waals surface area contributed by atoms with Crippen LogP contribution in [0.15, 0.2) is 41.1 Å². The van der Waals surface area contributed by atoms with Gasteiger partial charge in [0.1, 0.15) is 11.5 Å². The number of aromatic nitrogens is 2. The maximum Gasteiger partial charge on any atom is 0.137 e. The predicted molar refractivity (Wildman–Crippen MR) is 82.5 cm³/mol. The number of rotatable bonds is 3. The zero-order chi connectivity index (χ0) is 14.1. The molecule has 0 aliphatic heterocycles. The van der Waals surface area contributed by atoms with Crippen LogP contribution in [0.1, 0.15) is 5.56 Å². The van der Waals surface area contributed by atoms with Crippen molar-refractivity contribution < 1.29 is 4.39 Å². The highest BCUT2D eigenvalue weighted by Crippen LogP contribution is 2.32. The van der Waals surface area contributed by atoms with Crippen LogP contribution in [0.3, 0.4) is 0 Å². The number of nitrogens with zero attached hydrogens (tertiary/aromatic N) is 1. The van der Waals surface area contributed by atoms with Crippen LogP contribution in [-0.2, 0) is 6.54 Å². The number of hydrogen-bond acceptors (Lipinski definition) is 2. The van der Waals surface area contributed by atoms with Gasteiger partial charge in [-0.1, -0.05) is 11.6 Å². The third-order valence-electron chi connectivity index (χ3n) is 3.00. The fraction of sp³-hybridized carbons (Fsp3) is 0.0714.